The molecule has 5 heteroatoms. The predicted molar refractivity (Wildman–Crippen MR) is 72.3 cm³/mol. The zero-order valence-electron chi connectivity index (χ0n) is 10.7. The highest BCUT2D eigenvalue weighted by Gasteiger charge is 2.30. The third-order valence-electron chi connectivity index (χ3n) is 2.79. The molecule has 100 valence electrons. The maximum absolute atomic E-state index is 11.8. The van der Waals surface area contributed by atoms with E-state index in [4.69, 9.17) is 5.11 Å². The summed E-state index contributed by atoms with van der Waals surface area (Å²) in [6.45, 7) is 4.47. The van der Waals surface area contributed by atoms with E-state index in [1.165, 1.54) is 12.8 Å². The molecule has 0 atom stereocenters. The molecule has 0 unspecified atom stereocenters. The lowest BCUT2D eigenvalue weighted by Gasteiger charge is -2.20. The molecule has 0 aliphatic heterocycles. The number of carbonyl (C=O) groups excluding carboxylic acids is 1. The molecule has 0 spiro atoms. The largest absolute Gasteiger partial charge is 0.396 e. The average molecular weight is 260 g/mol. The molecule has 4 nitrogen and oxygen atoms in total. The minimum Gasteiger partial charge on any atom is -0.396 e. The van der Waals surface area contributed by atoms with Crippen LogP contribution in [0.1, 0.15) is 26.2 Å². The zero-order valence-corrected chi connectivity index (χ0v) is 11.5. The van der Waals surface area contributed by atoms with Crippen molar-refractivity contribution in [3.63, 3.8) is 0 Å². The van der Waals surface area contributed by atoms with Crippen LogP contribution in [-0.2, 0) is 4.79 Å². The third kappa shape index (κ3) is 6.29. The number of rotatable bonds is 10. The standard InChI is InChI=1S/C12H24N2O2S/c1-2-14(11-4-5-11)12(16)10-13-6-9-17-8-3-7-15/h11,13,15H,2-10H2,1H3. The number of aliphatic hydroxyl groups is 1. The van der Waals surface area contributed by atoms with E-state index < -0.39 is 0 Å². The van der Waals surface area contributed by atoms with E-state index in [1.807, 2.05) is 23.6 Å². The fourth-order valence-electron chi connectivity index (χ4n) is 1.73. The van der Waals surface area contributed by atoms with Crippen LogP contribution in [0.25, 0.3) is 0 Å². The van der Waals surface area contributed by atoms with E-state index in [1.54, 1.807) is 0 Å². The van der Waals surface area contributed by atoms with Gasteiger partial charge in [-0.1, -0.05) is 0 Å². The molecular formula is C12H24N2O2S. The first kappa shape index (κ1) is 14.8. The highest BCUT2D eigenvalue weighted by atomic mass is 32.2. The topological polar surface area (TPSA) is 52.6 Å². The van der Waals surface area contributed by atoms with Crippen LogP contribution in [0.3, 0.4) is 0 Å². The number of nitrogens with zero attached hydrogens (tertiary/aromatic N) is 1. The number of hydrogen-bond donors (Lipinski definition) is 2. The van der Waals surface area contributed by atoms with Gasteiger partial charge in [0.25, 0.3) is 0 Å². The fraction of sp³-hybridized carbons (Fsp3) is 0.917. The van der Waals surface area contributed by atoms with Gasteiger partial charge in [0.1, 0.15) is 0 Å². The molecule has 1 aliphatic rings. The van der Waals surface area contributed by atoms with Crippen LogP contribution in [0.5, 0.6) is 0 Å². The average Bonchev–Trinajstić information content (AvgIpc) is 3.13. The van der Waals surface area contributed by atoms with Crippen molar-refractivity contribution in [3.05, 3.63) is 0 Å². The first-order chi connectivity index (χ1) is 8.29. The van der Waals surface area contributed by atoms with E-state index in [0.29, 0.717) is 12.6 Å². The van der Waals surface area contributed by atoms with Gasteiger partial charge in [0.05, 0.1) is 6.54 Å². The molecule has 2 N–H and O–H groups in total. The minimum atomic E-state index is 0.232. The quantitative estimate of drug-likeness (QED) is 0.568. The van der Waals surface area contributed by atoms with Gasteiger partial charge < -0.3 is 15.3 Å². The van der Waals surface area contributed by atoms with E-state index in [0.717, 1.165) is 31.0 Å². The summed E-state index contributed by atoms with van der Waals surface area (Å²) in [5.74, 6) is 2.23. The lowest BCUT2D eigenvalue weighted by molar-refractivity contribution is -0.130. The van der Waals surface area contributed by atoms with Gasteiger partial charge in [-0.15, -0.1) is 0 Å². The molecule has 0 saturated heterocycles. The second-order valence-corrected chi connectivity index (χ2v) is 5.50. The van der Waals surface area contributed by atoms with Gasteiger partial charge in [0, 0.05) is 31.5 Å². The number of thioether (sulfide) groups is 1. The van der Waals surface area contributed by atoms with E-state index in [2.05, 4.69) is 5.32 Å². The van der Waals surface area contributed by atoms with Crippen molar-refractivity contribution in [2.45, 2.75) is 32.2 Å². The summed E-state index contributed by atoms with van der Waals surface area (Å²) in [5, 5.41) is 11.8. The second kappa shape index (κ2) is 8.78. The highest BCUT2D eigenvalue weighted by Crippen LogP contribution is 2.26. The molecule has 1 fully saturated rings. The Hall–Kier alpha value is -0.260. The molecule has 1 amide bonds. The van der Waals surface area contributed by atoms with Crippen LogP contribution in [-0.4, -0.2) is 59.7 Å². The smallest absolute Gasteiger partial charge is 0.236 e. The van der Waals surface area contributed by atoms with Crippen LogP contribution in [0.2, 0.25) is 0 Å². The molecule has 1 rings (SSSR count). The van der Waals surface area contributed by atoms with Crippen LogP contribution in [0, 0.1) is 0 Å². The molecule has 0 bridgehead atoms. The summed E-state index contributed by atoms with van der Waals surface area (Å²) in [7, 11) is 0. The minimum absolute atomic E-state index is 0.232. The van der Waals surface area contributed by atoms with Crippen LogP contribution in [0.15, 0.2) is 0 Å². The Morgan fingerprint density at radius 3 is 2.82 bits per heavy atom. The van der Waals surface area contributed by atoms with Gasteiger partial charge in [0.2, 0.25) is 5.91 Å². The summed E-state index contributed by atoms with van der Waals surface area (Å²) in [6.07, 6.45) is 3.21. The first-order valence-corrected chi connectivity index (χ1v) is 7.63. The van der Waals surface area contributed by atoms with Gasteiger partial charge in [-0.2, -0.15) is 11.8 Å². The number of amides is 1. The van der Waals surface area contributed by atoms with Crippen LogP contribution in [0.4, 0.5) is 0 Å². The summed E-state index contributed by atoms with van der Waals surface area (Å²) < 4.78 is 0. The SMILES string of the molecule is CCN(C(=O)CNCCSCCCO)C1CC1. The van der Waals surface area contributed by atoms with Crippen LogP contribution >= 0.6 is 11.8 Å². The van der Waals surface area contributed by atoms with E-state index >= 15 is 0 Å². The molecule has 1 saturated carbocycles. The Bertz CT molecular complexity index is 223. The maximum Gasteiger partial charge on any atom is 0.236 e. The molecule has 17 heavy (non-hydrogen) atoms. The van der Waals surface area contributed by atoms with Gasteiger partial charge in [-0.25, -0.2) is 0 Å². The van der Waals surface area contributed by atoms with Gasteiger partial charge in [-0.3, -0.25) is 4.79 Å². The van der Waals surface area contributed by atoms with Crippen molar-refractivity contribution in [3.8, 4) is 0 Å². The number of likely N-dealkylation sites (N-methyl/N-ethyl adjacent to an activating group) is 1. The Labute approximate surface area is 108 Å². The predicted octanol–water partition coefficient (Wildman–Crippen LogP) is 0.703. The molecule has 0 aromatic heterocycles. The molecular weight excluding hydrogens is 236 g/mol. The molecule has 0 heterocycles. The van der Waals surface area contributed by atoms with Crippen molar-refractivity contribution < 1.29 is 9.90 Å². The van der Waals surface area contributed by atoms with Crippen molar-refractivity contribution in [1.29, 1.82) is 0 Å². The van der Waals surface area contributed by atoms with E-state index in [9.17, 15) is 4.79 Å². The van der Waals surface area contributed by atoms with Crippen LogP contribution < -0.4 is 5.32 Å². The summed E-state index contributed by atoms with van der Waals surface area (Å²) in [5.41, 5.74) is 0. The molecule has 0 aromatic rings. The Balaban J connectivity index is 1.96. The number of aliphatic hydroxyl groups excluding tert-OH is 1. The summed E-state index contributed by atoms with van der Waals surface area (Å²) >= 11 is 1.81. The Kier molecular flexibility index (Phi) is 7.64. The maximum atomic E-state index is 11.8. The number of carbonyl (C=O) groups is 1. The second-order valence-electron chi connectivity index (χ2n) is 4.28. The lowest BCUT2D eigenvalue weighted by Crippen LogP contribution is -2.40. The van der Waals surface area contributed by atoms with Gasteiger partial charge in [0.15, 0.2) is 0 Å². The van der Waals surface area contributed by atoms with Crippen molar-refractivity contribution in [2.24, 2.45) is 0 Å². The summed E-state index contributed by atoms with van der Waals surface area (Å²) in [6, 6.07) is 0.522. The zero-order chi connectivity index (χ0) is 12.5. The van der Waals surface area contributed by atoms with Crippen molar-refractivity contribution in [2.75, 3.05) is 37.7 Å². The normalized spacial score (nSPS) is 14.9. The summed E-state index contributed by atoms with van der Waals surface area (Å²) in [4.78, 5) is 13.8. The monoisotopic (exact) mass is 260 g/mol. The molecule has 0 aromatic carbocycles. The third-order valence-corrected chi connectivity index (χ3v) is 3.87. The van der Waals surface area contributed by atoms with Crippen molar-refractivity contribution in [1.82, 2.24) is 10.2 Å². The van der Waals surface area contributed by atoms with Gasteiger partial charge >= 0.3 is 0 Å². The molecule has 0 radical (unpaired) electrons. The number of hydrogen-bond acceptors (Lipinski definition) is 4. The van der Waals surface area contributed by atoms with Crippen molar-refractivity contribution >= 4 is 17.7 Å². The number of nitrogens with one attached hydrogen (secondary N) is 1. The Morgan fingerprint density at radius 1 is 1.47 bits per heavy atom. The fourth-order valence-corrected chi connectivity index (χ4v) is 2.56. The highest BCUT2D eigenvalue weighted by molar-refractivity contribution is 7.99. The molecule has 1 aliphatic carbocycles. The van der Waals surface area contributed by atoms with E-state index in [-0.39, 0.29) is 12.5 Å². The lowest BCUT2D eigenvalue weighted by atomic mass is 10.4. The van der Waals surface area contributed by atoms with Gasteiger partial charge in [-0.05, 0) is 31.9 Å². The Morgan fingerprint density at radius 2 is 2.24 bits per heavy atom. The first-order valence-electron chi connectivity index (χ1n) is 6.48.